The Balaban J connectivity index is 2.54. The van der Waals surface area contributed by atoms with Crippen LogP contribution in [-0.4, -0.2) is 17.7 Å². The van der Waals surface area contributed by atoms with Crippen molar-refractivity contribution >= 4 is 0 Å². The molecule has 0 unspecified atom stereocenters. The SMILES string of the molecule is CC(C)(C)CCNCCn1cc(C(F)(F)F)ccc1=O. The highest BCUT2D eigenvalue weighted by Gasteiger charge is 2.30. The minimum absolute atomic E-state index is 0.208. The summed E-state index contributed by atoms with van der Waals surface area (Å²) in [4.78, 5) is 11.5. The minimum Gasteiger partial charge on any atom is -0.315 e. The van der Waals surface area contributed by atoms with Crippen molar-refractivity contribution in [2.45, 2.75) is 39.9 Å². The molecule has 0 spiro atoms. The number of nitrogens with one attached hydrogen (secondary N) is 1. The van der Waals surface area contributed by atoms with Gasteiger partial charge in [0.05, 0.1) is 5.56 Å². The van der Waals surface area contributed by atoms with E-state index in [4.69, 9.17) is 0 Å². The maximum atomic E-state index is 12.5. The third-order valence-corrected chi connectivity index (χ3v) is 2.89. The Morgan fingerprint density at radius 2 is 1.80 bits per heavy atom. The lowest BCUT2D eigenvalue weighted by Crippen LogP contribution is -2.29. The van der Waals surface area contributed by atoms with Gasteiger partial charge in [0, 0.05) is 25.4 Å². The molecule has 1 N–H and O–H groups in total. The zero-order chi connectivity index (χ0) is 15.4. The van der Waals surface area contributed by atoms with Gasteiger partial charge in [0.15, 0.2) is 0 Å². The molecule has 0 aliphatic carbocycles. The molecule has 0 aromatic carbocycles. The lowest BCUT2D eigenvalue weighted by molar-refractivity contribution is -0.138. The Hall–Kier alpha value is -1.30. The number of nitrogens with zero attached hydrogens (tertiary/aromatic N) is 1. The fourth-order valence-electron chi connectivity index (χ4n) is 1.66. The van der Waals surface area contributed by atoms with Gasteiger partial charge >= 0.3 is 6.18 Å². The molecule has 114 valence electrons. The van der Waals surface area contributed by atoms with Crippen LogP contribution in [0.4, 0.5) is 13.2 Å². The van der Waals surface area contributed by atoms with Gasteiger partial charge in [0.2, 0.25) is 0 Å². The van der Waals surface area contributed by atoms with E-state index in [1.54, 1.807) is 0 Å². The molecule has 0 radical (unpaired) electrons. The van der Waals surface area contributed by atoms with Gasteiger partial charge in [0.1, 0.15) is 0 Å². The van der Waals surface area contributed by atoms with Gasteiger partial charge in [-0.05, 0) is 24.4 Å². The molecule has 0 saturated carbocycles. The number of hydrogen-bond donors (Lipinski definition) is 1. The Morgan fingerprint density at radius 1 is 1.15 bits per heavy atom. The number of aromatic nitrogens is 1. The van der Waals surface area contributed by atoms with Crippen LogP contribution in [0.3, 0.4) is 0 Å². The van der Waals surface area contributed by atoms with Gasteiger partial charge in [0.25, 0.3) is 5.56 Å². The second kappa shape index (κ2) is 6.43. The zero-order valence-corrected chi connectivity index (χ0v) is 12.0. The second-order valence-corrected chi connectivity index (χ2v) is 6.01. The first-order valence-electron chi connectivity index (χ1n) is 6.58. The van der Waals surface area contributed by atoms with Gasteiger partial charge < -0.3 is 9.88 Å². The molecule has 1 aromatic heterocycles. The Bertz CT molecular complexity index is 486. The van der Waals surface area contributed by atoms with Crippen LogP contribution in [0.2, 0.25) is 0 Å². The van der Waals surface area contributed by atoms with Crippen molar-refractivity contribution < 1.29 is 13.2 Å². The van der Waals surface area contributed by atoms with Crippen LogP contribution in [0, 0.1) is 5.41 Å². The number of halogens is 3. The normalized spacial score (nSPS) is 12.7. The summed E-state index contributed by atoms with van der Waals surface area (Å²) in [7, 11) is 0. The van der Waals surface area contributed by atoms with E-state index in [1.807, 2.05) is 0 Å². The largest absolute Gasteiger partial charge is 0.417 e. The first-order valence-corrected chi connectivity index (χ1v) is 6.58. The first kappa shape index (κ1) is 16.8. The van der Waals surface area contributed by atoms with Crippen LogP contribution in [0.15, 0.2) is 23.1 Å². The van der Waals surface area contributed by atoms with E-state index in [0.717, 1.165) is 35.9 Å². The number of hydrogen-bond acceptors (Lipinski definition) is 2. The van der Waals surface area contributed by atoms with E-state index in [2.05, 4.69) is 26.1 Å². The molecule has 20 heavy (non-hydrogen) atoms. The highest BCUT2D eigenvalue weighted by molar-refractivity contribution is 5.13. The Labute approximate surface area is 116 Å². The first-order chi connectivity index (χ1) is 9.09. The summed E-state index contributed by atoms with van der Waals surface area (Å²) in [5.41, 5.74) is -1.01. The summed E-state index contributed by atoms with van der Waals surface area (Å²) in [5, 5.41) is 3.13. The van der Waals surface area contributed by atoms with Crippen molar-refractivity contribution in [3.05, 3.63) is 34.2 Å². The van der Waals surface area contributed by atoms with E-state index >= 15 is 0 Å². The van der Waals surface area contributed by atoms with E-state index in [0.29, 0.717) is 6.54 Å². The van der Waals surface area contributed by atoms with Gasteiger partial charge in [-0.2, -0.15) is 13.2 Å². The summed E-state index contributed by atoms with van der Waals surface area (Å²) in [6, 6.07) is 1.77. The summed E-state index contributed by atoms with van der Waals surface area (Å²) < 4.78 is 38.7. The van der Waals surface area contributed by atoms with Crippen molar-refractivity contribution in [2.75, 3.05) is 13.1 Å². The maximum Gasteiger partial charge on any atom is 0.417 e. The topological polar surface area (TPSA) is 34.0 Å². The van der Waals surface area contributed by atoms with Gasteiger partial charge in [-0.15, -0.1) is 0 Å². The summed E-state index contributed by atoms with van der Waals surface area (Å²) in [5.74, 6) is 0. The fourth-order valence-corrected chi connectivity index (χ4v) is 1.66. The molecule has 6 heteroatoms. The van der Waals surface area contributed by atoms with Crippen LogP contribution in [0.25, 0.3) is 0 Å². The zero-order valence-electron chi connectivity index (χ0n) is 12.0. The van der Waals surface area contributed by atoms with Crippen LogP contribution in [-0.2, 0) is 12.7 Å². The standard InChI is InChI=1S/C14H21F3N2O/c1-13(2,3)6-7-18-8-9-19-10-11(14(15,16)17)4-5-12(19)20/h4-5,10,18H,6-9H2,1-3H3. The van der Waals surface area contributed by atoms with Crippen LogP contribution < -0.4 is 10.9 Å². The third kappa shape index (κ3) is 5.77. The molecular formula is C14H21F3N2O. The van der Waals surface area contributed by atoms with Crippen LogP contribution in [0.5, 0.6) is 0 Å². The predicted molar refractivity (Wildman–Crippen MR) is 72.6 cm³/mol. The molecule has 1 rings (SSSR count). The minimum atomic E-state index is -4.42. The molecule has 0 atom stereocenters. The van der Waals surface area contributed by atoms with Crippen LogP contribution in [0.1, 0.15) is 32.8 Å². The highest BCUT2D eigenvalue weighted by Crippen LogP contribution is 2.27. The summed E-state index contributed by atoms with van der Waals surface area (Å²) in [6.45, 7) is 7.82. The molecule has 1 aromatic rings. The molecule has 0 aliphatic rings. The van der Waals surface area contributed by atoms with Crippen LogP contribution >= 0.6 is 0 Å². The summed E-state index contributed by atoms with van der Waals surface area (Å²) >= 11 is 0. The lowest BCUT2D eigenvalue weighted by atomic mass is 9.92. The smallest absolute Gasteiger partial charge is 0.315 e. The fraction of sp³-hybridized carbons (Fsp3) is 0.643. The lowest BCUT2D eigenvalue weighted by Gasteiger charge is -2.18. The van der Waals surface area contributed by atoms with E-state index in [1.165, 1.54) is 0 Å². The number of rotatable bonds is 5. The molecule has 0 aliphatic heterocycles. The molecule has 3 nitrogen and oxygen atoms in total. The van der Waals surface area contributed by atoms with Crippen molar-refractivity contribution in [1.82, 2.24) is 9.88 Å². The average molecular weight is 290 g/mol. The third-order valence-electron chi connectivity index (χ3n) is 2.89. The monoisotopic (exact) mass is 290 g/mol. The van der Waals surface area contributed by atoms with Crippen molar-refractivity contribution in [3.8, 4) is 0 Å². The Kier molecular flexibility index (Phi) is 5.39. The van der Waals surface area contributed by atoms with Crippen molar-refractivity contribution in [2.24, 2.45) is 5.41 Å². The number of pyridine rings is 1. The predicted octanol–water partition coefficient (Wildman–Crippen LogP) is 2.89. The average Bonchev–Trinajstić information content (AvgIpc) is 2.28. The molecular weight excluding hydrogens is 269 g/mol. The van der Waals surface area contributed by atoms with Gasteiger partial charge in [-0.25, -0.2) is 0 Å². The van der Waals surface area contributed by atoms with Crippen molar-refractivity contribution in [1.29, 1.82) is 0 Å². The molecule has 0 fully saturated rings. The van der Waals surface area contributed by atoms with E-state index < -0.39 is 17.3 Å². The molecule has 1 heterocycles. The molecule has 0 bridgehead atoms. The molecule has 0 saturated heterocycles. The van der Waals surface area contributed by atoms with Crippen molar-refractivity contribution in [3.63, 3.8) is 0 Å². The summed E-state index contributed by atoms with van der Waals surface area (Å²) in [6.07, 6.45) is -2.59. The Morgan fingerprint density at radius 3 is 2.35 bits per heavy atom. The van der Waals surface area contributed by atoms with Gasteiger partial charge in [-0.1, -0.05) is 20.8 Å². The molecule has 0 amide bonds. The maximum absolute atomic E-state index is 12.5. The van der Waals surface area contributed by atoms with E-state index in [9.17, 15) is 18.0 Å². The quantitative estimate of drug-likeness (QED) is 0.846. The van der Waals surface area contributed by atoms with Gasteiger partial charge in [-0.3, -0.25) is 4.79 Å². The van der Waals surface area contributed by atoms with E-state index in [-0.39, 0.29) is 12.0 Å². The number of alkyl halides is 3. The second-order valence-electron chi connectivity index (χ2n) is 6.01. The highest BCUT2D eigenvalue weighted by atomic mass is 19.4.